The molecule has 0 atom stereocenters. The molecule has 2 N–H and O–H groups in total. The molecule has 1 aromatic carbocycles. The number of fused-ring (bicyclic) bond motifs is 1. The monoisotopic (exact) mass is 315 g/mol. The minimum atomic E-state index is -0.463. The lowest BCUT2D eigenvalue weighted by Gasteiger charge is -2.05. The summed E-state index contributed by atoms with van der Waals surface area (Å²) in [4.78, 5) is 11.4. The van der Waals surface area contributed by atoms with Gasteiger partial charge in [-0.2, -0.15) is 5.10 Å². The van der Waals surface area contributed by atoms with Gasteiger partial charge in [0.1, 0.15) is 0 Å². The van der Waals surface area contributed by atoms with Crippen LogP contribution in [0.15, 0.2) is 53.3 Å². The Kier molecular flexibility index (Phi) is 2.83. The second-order valence-corrected chi connectivity index (χ2v) is 4.92. The first-order chi connectivity index (χ1) is 9.18. The molecule has 0 fully saturated rings. The number of carbonyl (C=O) groups is 1. The zero-order valence-corrected chi connectivity index (χ0v) is 11.5. The summed E-state index contributed by atoms with van der Waals surface area (Å²) in [6.45, 7) is 0. The SMILES string of the molecule is NC(=O)c1ccn2ncc(-c3ccccc3)c2c1Br. The second kappa shape index (κ2) is 4.51. The summed E-state index contributed by atoms with van der Waals surface area (Å²) < 4.78 is 2.39. The number of hydrogen-bond acceptors (Lipinski definition) is 2. The highest BCUT2D eigenvalue weighted by molar-refractivity contribution is 9.10. The molecular formula is C14H10BrN3O. The van der Waals surface area contributed by atoms with Gasteiger partial charge in [0, 0.05) is 11.8 Å². The fraction of sp³-hybridized carbons (Fsp3) is 0. The number of primary amides is 1. The van der Waals surface area contributed by atoms with Gasteiger partial charge in [-0.25, -0.2) is 4.52 Å². The van der Waals surface area contributed by atoms with E-state index in [0.29, 0.717) is 10.0 Å². The molecule has 0 aliphatic heterocycles. The van der Waals surface area contributed by atoms with E-state index in [1.165, 1.54) is 0 Å². The molecule has 0 bridgehead atoms. The van der Waals surface area contributed by atoms with E-state index in [2.05, 4.69) is 21.0 Å². The Morgan fingerprint density at radius 2 is 1.95 bits per heavy atom. The Labute approximate surface area is 118 Å². The highest BCUT2D eigenvalue weighted by atomic mass is 79.9. The second-order valence-electron chi connectivity index (χ2n) is 4.13. The lowest BCUT2D eigenvalue weighted by Crippen LogP contribution is -2.12. The van der Waals surface area contributed by atoms with Crippen LogP contribution in [0.3, 0.4) is 0 Å². The first-order valence-corrected chi connectivity index (χ1v) is 6.49. The fourth-order valence-electron chi connectivity index (χ4n) is 2.06. The predicted molar refractivity (Wildman–Crippen MR) is 76.8 cm³/mol. The number of nitrogens with zero attached hydrogens (tertiary/aromatic N) is 2. The fourth-order valence-corrected chi connectivity index (χ4v) is 2.78. The number of pyridine rings is 1. The number of amides is 1. The highest BCUT2D eigenvalue weighted by Crippen LogP contribution is 2.31. The molecule has 4 nitrogen and oxygen atoms in total. The quantitative estimate of drug-likeness (QED) is 0.790. The van der Waals surface area contributed by atoms with Crippen molar-refractivity contribution in [3.8, 4) is 11.1 Å². The van der Waals surface area contributed by atoms with E-state index in [-0.39, 0.29) is 0 Å². The molecule has 0 aliphatic rings. The van der Waals surface area contributed by atoms with Crippen LogP contribution in [-0.2, 0) is 0 Å². The van der Waals surface area contributed by atoms with Gasteiger partial charge < -0.3 is 5.73 Å². The molecule has 0 unspecified atom stereocenters. The normalized spacial score (nSPS) is 10.8. The third-order valence-corrected chi connectivity index (χ3v) is 3.78. The molecule has 5 heteroatoms. The number of carbonyl (C=O) groups excluding carboxylic acids is 1. The van der Waals surface area contributed by atoms with E-state index in [1.54, 1.807) is 23.0 Å². The largest absolute Gasteiger partial charge is 0.366 e. The molecule has 2 heterocycles. The van der Waals surface area contributed by atoms with Crippen molar-refractivity contribution in [2.75, 3.05) is 0 Å². The molecule has 0 radical (unpaired) electrons. The van der Waals surface area contributed by atoms with Crippen molar-refractivity contribution in [2.45, 2.75) is 0 Å². The summed E-state index contributed by atoms with van der Waals surface area (Å²) in [7, 11) is 0. The van der Waals surface area contributed by atoms with E-state index in [9.17, 15) is 4.79 Å². The van der Waals surface area contributed by atoms with Crippen LogP contribution in [0.1, 0.15) is 10.4 Å². The number of halogens is 1. The maximum Gasteiger partial charge on any atom is 0.249 e. The molecule has 0 spiro atoms. The highest BCUT2D eigenvalue weighted by Gasteiger charge is 2.15. The molecule has 0 saturated heterocycles. The first kappa shape index (κ1) is 11.9. The number of hydrogen-bond donors (Lipinski definition) is 1. The van der Waals surface area contributed by atoms with Crippen LogP contribution in [0, 0.1) is 0 Å². The Hall–Kier alpha value is -2.14. The van der Waals surface area contributed by atoms with Crippen molar-refractivity contribution in [2.24, 2.45) is 5.73 Å². The molecule has 0 aliphatic carbocycles. The van der Waals surface area contributed by atoms with Gasteiger partial charge >= 0.3 is 0 Å². The van der Waals surface area contributed by atoms with Crippen molar-refractivity contribution in [3.63, 3.8) is 0 Å². The van der Waals surface area contributed by atoms with Gasteiger partial charge in [0.15, 0.2) is 0 Å². The maximum atomic E-state index is 11.4. The molecule has 19 heavy (non-hydrogen) atoms. The molecule has 3 aromatic rings. The Morgan fingerprint density at radius 1 is 1.21 bits per heavy atom. The van der Waals surface area contributed by atoms with Crippen LogP contribution in [-0.4, -0.2) is 15.5 Å². The Bertz CT molecular complexity index is 765. The average molecular weight is 316 g/mol. The lowest BCUT2D eigenvalue weighted by molar-refractivity contribution is 0.0999. The standard InChI is InChI=1S/C14H10BrN3O/c15-12-10(14(16)19)6-7-18-13(12)11(8-17-18)9-4-2-1-3-5-9/h1-8H,(H2,16,19). The molecule has 0 saturated carbocycles. The van der Waals surface area contributed by atoms with Gasteiger partial charge in [-0.3, -0.25) is 4.79 Å². The maximum absolute atomic E-state index is 11.4. The lowest BCUT2D eigenvalue weighted by atomic mass is 10.1. The van der Waals surface area contributed by atoms with Crippen LogP contribution >= 0.6 is 15.9 Å². The average Bonchev–Trinajstić information content (AvgIpc) is 2.84. The third kappa shape index (κ3) is 1.92. The predicted octanol–water partition coefficient (Wildman–Crippen LogP) is 2.86. The minimum absolute atomic E-state index is 0.449. The summed E-state index contributed by atoms with van der Waals surface area (Å²) in [6.07, 6.45) is 3.51. The summed E-state index contributed by atoms with van der Waals surface area (Å²) in [5, 5.41) is 4.29. The van der Waals surface area contributed by atoms with Gasteiger partial charge in [0.05, 0.1) is 21.7 Å². The van der Waals surface area contributed by atoms with Crippen molar-refractivity contribution in [1.29, 1.82) is 0 Å². The van der Waals surface area contributed by atoms with E-state index in [4.69, 9.17) is 5.73 Å². The summed E-state index contributed by atoms with van der Waals surface area (Å²) in [5.41, 5.74) is 8.65. The smallest absolute Gasteiger partial charge is 0.249 e. The summed E-state index contributed by atoms with van der Waals surface area (Å²) in [6, 6.07) is 11.5. The Balaban J connectivity index is 2.33. The zero-order valence-electron chi connectivity index (χ0n) is 9.88. The van der Waals surface area contributed by atoms with Crippen LogP contribution in [0.2, 0.25) is 0 Å². The number of nitrogens with two attached hydrogens (primary N) is 1. The van der Waals surface area contributed by atoms with Crippen LogP contribution in [0.25, 0.3) is 16.6 Å². The van der Waals surface area contributed by atoms with E-state index in [1.807, 2.05) is 30.3 Å². The molecule has 3 rings (SSSR count). The number of benzene rings is 1. The van der Waals surface area contributed by atoms with Gasteiger partial charge in [-0.15, -0.1) is 0 Å². The topological polar surface area (TPSA) is 60.4 Å². The Morgan fingerprint density at radius 3 is 2.63 bits per heavy atom. The van der Waals surface area contributed by atoms with Crippen LogP contribution in [0.4, 0.5) is 0 Å². The molecule has 1 amide bonds. The van der Waals surface area contributed by atoms with Crippen LogP contribution < -0.4 is 5.73 Å². The molecular weight excluding hydrogens is 306 g/mol. The number of rotatable bonds is 2. The van der Waals surface area contributed by atoms with E-state index < -0.39 is 5.91 Å². The molecule has 94 valence electrons. The molecule has 2 aromatic heterocycles. The summed E-state index contributed by atoms with van der Waals surface area (Å²) in [5.74, 6) is -0.463. The van der Waals surface area contributed by atoms with Gasteiger partial charge in [-0.1, -0.05) is 30.3 Å². The van der Waals surface area contributed by atoms with Gasteiger partial charge in [0.2, 0.25) is 5.91 Å². The third-order valence-electron chi connectivity index (χ3n) is 2.97. The van der Waals surface area contributed by atoms with Crippen molar-refractivity contribution in [3.05, 3.63) is 58.8 Å². The van der Waals surface area contributed by atoms with Gasteiger partial charge in [-0.05, 0) is 27.6 Å². The van der Waals surface area contributed by atoms with Crippen molar-refractivity contribution in [1.82, 2.24) is 9.61 Å². The zero-order chi connectivity index (χ0) is 13.4. The summed E-state index contributed by atoms with van der Waals surface area (Å²) >= 11 is 3.45. The van der Waals surface area contributed by atoms with Crippen molar-refractivity contribution < 1.29 is 4.79 Å². The van der Waals surface area contributed by atoms with Crippen LogP contribution in [0.5, 0.6) is 0 Å². The van der Waals surface area contributed by atoms with E-state index in [0.717, 1.165) is 16.6 Å². The van der Waals surface area contributed by atoms with E-state index >= 15 is 0 Å². The van der Waals surface area contributed by atoms with Gasteiger partial charge in [0.25, 0.3) is 0 Å². The minimum Gasteiger partial charge on any atom is -0.366 e. The van der Waals surface area contributed by atoms with Crippen molar-refractivity contribution >= 4 is 27.4 Å². The first-order valence-electron chi connectivity index (χ1n) is 5.69. The number of aromatic nitrogens is 2.